The van der Waals surface area contributed by atoms with Gasteiger partial charge in [-0.1, -0.05) is 47.5 Å². The third-order valence-corrected chi connectivity index (χ3v) is 6.20. The van der Waals surface area contributed by atoms with Crippen molar-refractivity contribution in [3.63, 3.8) is 0 Å². The molecule has 0 aliphatic carbocycles. The van der Waals surface area contributed by atoms with Crippen LogP contribution in [0.25, 0.3) is 20.8 Å². The van der Waals surface area contributed by atoms with Gasteiger partial charge < -0.3 is 10.1 Å². The fourth-order valence-electron chi connectivity index (χ4n) is 3.07. The van der Waals surface area contributed by atoms with Gasteiger partial charge in [0.15, 0.2) is 5.75 Å². The molecule has 146 valence electrons. The highest BCUT2D eigenvalue weighted by Gasteiger charge is 2.16. The zero-order valence-corrected chi connectivity index (χ0v) is 18.0. The number of fused-ring (bicyclic) bond motifs is 1. The molecule has 29 heavy (non-hydrogen) atoms. The first kappa shape index (κ1) is 19.7. The first-order valence-corrected chi connectivity index (χ1v) is 10.3. The largest absolute Gasteiger partial charge is 0.494 e. The van der Waals surface area contributed by atoms with Crippen LogP contribution < -0.4 is 10.1 Å². The third kappa shape index (κ3) is 3.81. The number of halogens is 2. The van der Waals surface area contributed by atoms with Gasteiger partial charge >= 0.3 is 0 Å². The number of hydrogen-bond donors (Lipinski definition) is 1. The highest BCUT2D eigenvalue weighted by molar-refractivity contribution is 7.21. The summed E-state index contributed by atoms with van der Waals surface area (Å²) in [4.78, 5) is 17.5. The molecule has 1 N–H and O–H groups in total. The molecule has 0 spiro atoms. The highest BCUT2D eigenvalue weighted by Crippen LogP contribution is 2.36. The van der Waals surface area contributed by atoms with Crippen LogP contribution in [-0.4, -0.2) is 18.0 Å². The third-order valence-electron chi connectivity index (χ3n) is 4.57. The predicted molar refractivity (Wildman–Crippen MR) is 121 cm³/mol. The van der Waals surface area contributed by atoms with Crippen LogP contribution in [0.5, 0.6) is 5.75 Å². The number of carbonyl (C=O) groups excluding carboxylic acids is 1. The van der Waals surface area contributed by atoms with Crippen LogP contribution in [0, 0.1) is 6.92 Å². The first-order valence-electron chi connectivity index (χ1n) is 8.78. The number of para-hydroxylation sites is 1. The van der Waals surface area contributed by atoms with Crippen molar-refractivity contribution in [2.24, 2.45) is 0 Å². The Morgan fingerprint density at radius 1 is 1.07 bits per heavy atom. The Hall–Kier alpha value is -2.60. The first-order chi connectivity index (χ1) is 14.0. The molecule has 0 radical (unpaired) electrons. The Labute approximate surface area is 182 Å². The summed E-state index contributed by atoms with van der Waals surface area (Å²) in [6.07, 6.45) is 0. The molecule has 0 aliphatic rings. The molecule has 0 aliphatic heterocycles. The minimum atomic E-state index is -0.305. The Balaban J connectivity index is 1.66. The van der Waals surface area contributed by atoms with Crippen LogP contribution in [0.3, 0.4) is 0 Å². The molecule has 0 saturated carbocycles. The van der Waals surface area contributed by atoms with Crippen molar-refractivity contribution in [2.75, 3.05) is 12.4 Å². The van der Waals surface area contributed by atoms with Gasteiger partial charge in [-0.25, -0.2) is 4.98 Å². The molecule has 3 aromatic carbocycles. The number of anilines is 1. The standard InChI is InChI=1S/C22H16Cl2N2O2S/c1-12-14(22-26-18-7-3-4-9-19(18)29-22)6-5-8-17(12)25-21(27)13-10-15(23)20(28-2)16(24)11-13/h3-11H,1-2H3,(H,25,27). The molecule has 4 nitrogen and oxygen atoms in total. The Kier molecular flexibility index (Phi) is 5.46. The van der Waals surface area contributed by atoms with Crippen molar-refractivity contribution >= 4 is 56.3 Å². The highest BCUT2D eigenvalue weighted by atomic mass is 35.5. The van der Waals surface area contributed by atoms with Crippen molar-refractivity contribution in [1.82, 2.24) is 4.98 Å². The van der Waals surface area contributed by atoms with E-state index in [-0.39, 0.29) is 16.0 Å². The van der Waals surface area contributed by atoms with E-state index in [1.165, 1.54) is 19.2 Å². The molecule has 0 saturated heterocycles. The molecule has 4 rings (SSSR count). The second kappa shape index (κ2) is 8.03. The molecule has 4 aromatic rings. The van der Waals surface area contributed by atoms with Crippen LogP contribution in [-0.2, 0) is 0 Å². The number of ether oxygens (including phenoxy) is 1. The van der Waals surface area contributed by atoms with Gasteiger partial charge in [-0.2, -0.15) is 0 Å². The number of aromatic nitrogens is 1. The monoisotopic (exact) mass is 442 g/mol. The van der Waals surface area contributed by atoms with E-state index >= 15 is 0 Å². The van der Waals surface area contributed by atoms with E-state index in [1.54, 1.807) is 11.3 Å². The average Bonchev–Trinajstić information content (AvgIpc) is 3.13. The smallest absolute Gasteiger partial charge is 0.255 e. The van der Waals surface area contributed by atoms with Gasteiger partial charge in [0.25, 0.3) is 5.91 Å². The molecular weight excluding hydrogens is 427 g/mol. The van der Waals surface area contributed by atoms with E-state index in [0.717, 1.165) is 26.4 Å². The number of hydrogen-bond acceptors (Lipinski definition) is 4. The summed E-state index contributed by atoms with van der Waals surface area (Å²) in [6, 6.07) is 16.8. The molecular formula is C22H16Cl2N2O2S. The van der Waals surface area contributed by atoms with Crippen LogP contribution in [0.2, 0.25) is 10.0 Å². The van der Waals surface area contributed by atoms with E-state index in [1.807, 2.05) is 43.3 Å². The molecule has 0 fully saturated rings. The number of carbonyl (C=O) groups is 1. The van der Waals surface area contributed by atoms with Crippen LogP contribution in [0.4, 0.5) is 5.69 Å². The summed E-state index contributed by atoms with van der Waals surface area (Å²) in [6.45, 7) is 1.96. The maximum absolute atomic E-state index is 12.8. The summed E-state index contributed by atoms with van der Waals surface area (Å²) in [5, 5.41) is 4.42. The van der Waals surface area contributed by atoms with E-state index in [9.17, 15) is 4.79 Å². The van der Waals surface area contributed by atoms with Gasteiger partial charge in [0.2, 0.25) is 0 Å². The summed E-state index contributed by atoms with van der Waals surface area (Å²) in [5.41, 5.74) is 3.93. The number of nitrogens with zero attached hydrogens (tertiary/aromatic N) is 1. The zero-order chi connectivity index (χ0) is 20.5. The summed E-state index contributed by atoms with van der Waals surface area (Å²) < 4.78 is 6.26. The van der Waals surface area contributed by atoms with Crippen molar-refractivity contribution in [3.05, 3.63) is 75.8 Å². The van der Waals surface area contributed by atoms with E-state index in [4.69, 9.17) is 32.9 Å². The minimum Gasteiger partial charge on any atom is -0.494 e. The van der Waals surface area contributed by atoms with E-state index in [2.05, 4.69) is 11.4 Å². The molecule has 7 heteroatoms. The van der Waals surface area contributed by atoms with Crippen molar-refractivity contribution in [2.45, 2.75) is 6.92 Å². The predicted octanol–water partition coefficient (Wildman–Crippen LogP) is 6.84. The van der Waals surface area contributed by atoms with Gasteiger partial charge in [-0.05, 0) is 42.8 Å². The second-order valence-corrected chi connectivity index (χ2v) is 8.24. The summed E-state index contributed by atoms with van der Waals surface area (Å²) in [7, 11) is 1.48. The average molecular weight is 443 g/mol. The lowest BCUT2D eigenvalue weighted by Gasteiger charge is -2.13. The van der Waals surface area contributed by atoms with Crippen LogP contribution in [0.1, 0.15) is 15.9 Å². The Bertz CT molecular complexity index is 1180. The maximum atomic E-state index is 12.8. The van der Waals surface area contributed by atoms with Gasteiger partial charge in [-0.3, -0.25) is 4.79 Å². The van der Waals surface area contributed by atoms with Crippen molar-refractivity contribution in [3.8, 4) is 16.3 Å². The maximum Gasteiger partial charge on any atom is 0.255 e. The fraction of sp³-hybridized carbons (Fsp3) is 0.0909. The number of methoxy groups -OCH3 is 1. The van der Waals surface area contributed by atoms with Gasteiger partial charge in [0.05, 0.1) is 27.4 Å². The number of rotatable bonds is 4. The number of thiazole rings is 1. The van der Waals surface area contributed by atoms with E-state index < -0.39 is 0 Å². The van der Waals surface area contributed by atoms with Gasteiger partial charge in [0, 0.05) is 16.8 Å². The topological polar surface area (TPSA) is 51.2 Å². The molecule has 1 heterocycles. The summed E-state index contributed by atoms with van der Waals surface area (Å²) >= 11 is 13.9. The second-order valence-electron chi connectivity index (χ2n) is 6.39. The number of nitrogens with one attached hydrogen (secondary N) is 1. The fourth-order valence-corrected chi connectivity index (χ4v) is 4.76. The lowest BCUT2D eigenvalue weighted by molar-refractivity contribution is 0.102. The quantitative estimate of drug-likeness (QED) is 0.376. The lowest BCUT2D eigenvalue weighted by atomic mass is 10.1. The number of benzene rings is 3. The van der Waals surface area contributed by atoms with Gasteiger partial charge in [0.1, 0.15) is 5.01 Å². The Morgan fingerprint density at radius 2 is 1.79 bits per heavy atom. The molecule has 1 amide bonds. The summed E-state index contributed by atoms with van der Waals surface area (Å²) in [5.74, 6) is 0.0416. The normalized spacial score (nSPS) is 10.9. The van der Waals surface area contributed by atoms with Crippen molar-refractivity contribution in [1.29, 1.82) is 0 Å². The Morgan fingerprint density at radius 3 is 2.48 bits per heavy atom. The minimum absolute atomic E-state index is 0.282. The SMILES string of the molecule is COc1c(Cl)cc(C(=O)Nc2cccc(-c3nc4ccccc4s3)c2C)cc1Cl. The molecule has 1 aromatic heterocycles. The molecule has 0 atom stereocenters. The van der Waals surface area contributed by atoms with Crippen molar-refractivity contribution < 1.29 is 9.53 Å². The van der Waals surface area contributed by atoms with Gasteiger partial charge in [-0.15, -0.1) is 11.3 Å². The molecule has 0 bridgehead atoms. The zero-order valence-electron chi connectivity index (χ0n) is 15.6. The van der Waals surface area contributed by atoms with Crippen LogP contribution >= 0.6 is 34.5 Å². The number of amides is 1. The van der Waals surface area contributed by atoms with Crippen LogP contribution in [0.15, 0.2) is 54.6 Å². The molecule has 0 unspecified atom stereocenters. The lowest BCUT2D eigenvalue weighted by Crippen LogP contribution is -2.13. The van der Waals surface area contributed by atoms with E-state index in [0.29, 0.717) is 17.0 Å².